The third-order valence-corrected chi connectivity index (χ3v) is 5.87. The summed E-state index contributed by atoms with van der Waals surface area (Å²) in [6, 6.07) is 14.8. The smallest absolute Gasteiger partial charge is 0.399 e. The molecule has 0 aliphatic carbocycles. The number of amides is 2. The fraction of sp³-hybridized carbons (Fsp3) is 0.348. The molecule has 0 saturated carbocycles. The predicted octanol–water partition coefficient (Wildman–Crippen LogP) is 1.68. The molecule has 0 radical (unpaired) electrons. The second-order valence-electron chi connectivity index (χ2n) is 8.65. The van der Waals surface area contributed by atoms with Gasteiger partial charge in [0.05, 0.1) is 22.8 Å². The van der Waals surface area contributed by atoms with Crippen LogP contribution >= 0.6 is 0 Å². The van der Waals surface area contributed by atoms with Gasteiger partial charge >= 0.3 is 7.12 Å². The Hall–Kier alpha value is -3.15. The zero-order chi connectivity index (χ0) is 22.8. The Kier molecular flexibility index (Phi) is 6.21. The molecule has 0 bridgehead atoms. The van der Waals surface area contributed by atoms with Gasteiger partial charge in [-0.2, -0.15) is 5.26 Å². The lowest BCUT2D eigenvalue weighted by atomic mass is 9.78. The van der Waals surface area contributed by atoms with Gasteiger partial charge in [-0.15, -0.1) is 0 Å². The minimum absolute atomic E-state index is 0.251. The van der Waals surface area contributed by atoms with E-state index >= 15 is 0 Å². The van der Waals surface area contributed by atoms with Crippen LogP contribution in [0.5, 0.6) is 0 Å². The number of rotatable bonds is 6. The standard InChI is InChI=1S/C23H26BN3O4/c1-22(2)23(3,4)31-24(30-22)18-11-7-15(8-12-18)13-19(20(26)28)27-21(29)17-9-5-16(14-25)6-10-17/h5-12,19H,13H2,1-4H3,(H2,26,28)(H,27,29)/t19-/m1/s1. The van der Waals surface area contributed by atoms with Crippen molar-refractivity contribution in [1.82, 2.24) is 5.32 Å². The third-order valence-electron chi connectivity index (χ3n) is 5.87. The topological polar surface area (TPSA) is 114 Å². The summed E-state index contributed by atoms with van der Waals surface area (Å²) in [5.41, 5.74) is 7.16. The monoisotopic (exact) mass is 419 g/mol. The molecule has 1 aliphatic rings. The first-order valence-corrected chi connectivity index (χ1v) is 10.1. The van der Waals surface area contributed by atoms with E-state index in [0.29, 0.717) is 11.1 Å². The van der Waals surface area contributed by atoms with Gasteiger partial charge in [-0.3, -0.25) is 9.59 Å². The SMILES string of the molecule is CC1(C)OB(c2ccc(C[C@@H](NC(=O)c3ccc(C#N)cc3)C(N)=O)cc2)OC1(C)C. The van der Waals surface area contributed by atoms with Crippen LogP contribution in [0.25, 0.3) is 0 Å². The molecule has 1 atom stereocenters. The van der Waals surface area contributed by atoms with Crippen molar-refractivity contribution in [3.05, 3.63) is 65.2 Å². The maximum atomic E-state index is 12.5. The summed E-state index contributed by atoms with van der Waals surface area (Å²) in [6.07, 6.45) is 0.251. The molecule has 2 aromatic carbocycles. The zero-order valence-electron chi connectivity index (χ0n) is 18.1. The van der Waals surface area contributed by atoms with Gasteiger partial charge in [0.15, 0.2) is 0 Å². The summed E-state index contributed by atoms with van der Waals surface area (Å²) in [5, 5.41) is 11.5. The molecule has 1 fully saturated rings. The lowest BCUT2D eigenvalue weighted by molar-refractivity contribution is -0.119. The molecule has 8 heteroatoms. The number of carbonyl (C=O) groups excluding carboxylic acids is 2. The fourth-order valence-corrected chi connectivity index (χ4v) is 3.19. The first-order chi connectivity index (χ1) is 14.5. The van der Waals surface area contributed by atoms with E-state index < -0.39 is 36.2 Å². The lowest BCUT2D eigenvalue weighted by Gasteiger charge is -2.32. The van der Waals surface area contributed by atoms with E-state index in [9.17, 15) is 9.59 Å². The number of hydrogen-bond acceptors (Lipinski definition) is 5. The van der Waals surface area contributed by atoms with Gasteiger partial charge in [0, 0.05) is 12.0 Å². The molecule has 160 valence electrons. The average Bonchev–Trinajstić information content (AvgIpc) is 2.95. The number of carbonyl (C=O) groups is 2. The summed E-state index contributed by atoms with van der Waals surface area (Å²) in [7, 11) is -0.470. The molecule has 3 rings (SSSR count). The number of nitriles is 1. The molecule has 31 heavy (non-hydrogen) atoms. The molecule has 1 saturated heterocycles. The minimum atomic E-state index is -0.870. The first kappa shape index (κ1) is 22.5. The van der Waals surface area contributed by atoms with E-state index in [1.165, 1.54) is 12.1 Å². The van der Waals surface area contributed by atoms with Crippen molar-refractivity contribution >= 4 is 24.4 Å². The molecule has 1 heterocycles. The number of nitrogens with two attached hydrogens (primary N) is 1. The van der Waals surface area contributed by atoms with Crippen LogP contribution in [-0.4, -0.2) is 36.2 Å². The molecule has 2 aromatic rings. The number of primary amides is 1. The van der Waals surface area contributed by atoms with Crippen LogP contribution in [0.2, 0.25) is 0 Å². The second-order valence-corrected chi connectivity index (χ2v) is 8.65. The molecule has 3 N–H and O–H groups in total. The van der Waals surface area contributed by atoms with E-state index in [2.05, 4.69) is 5.32 Å². The van der Waals surface area contributed by atoms with Crippen molar-refractivity contribution < 1.29 is 18.9 Å². The molecule has 0 spiro atoms. The van der Waals surface area contributed by atoms with E-state index in [1.807, 2.05) is 58.0 Å². The van der Waals surface area contributed by atoms with Crippen LogP contribution < -0.4 is 16.5 Å². The zero-order valence-corrected chi connectivity index (χ0v) is 18.1. The lowest BCUT2D eigenvalue weighted by Crippen LogP contribution is -2.45. The molecule has 7 nitrogen and oxygen atoms in total. The van der Waals surface area contributed by atoms with Crippen LogP contribution in [0.15, 0.2) is 48.5 Å². The van der Waals surface area contributed by atoms with Crippen molar-refractivity contribution in [3.63, 3.8) is 0 Å². The van der Waals surface area contributed by atoms with E-state index in [4.69, 9.17) is 20.3 Å². The number of hydrogen-bond donors (Lipinski definition) is 2. The molecule has 1 aliphatic heterocycles. The fourth-order valence-electron chi connectivity index (χ4n) is 3.19. The van der Waals surface area contributed by atoms with Crippen LogP contribution in [0.4, 0.5) is 0 Å². The Balaban J connectivity index is 1.67. The van der Waals surface area contributed by atoms with E-state index in [0.717, 1.165) is 11.0 Å². The third kappa shape index (κ3) is 4.96. The Bertz CT molecular complexity index is 995. The maximum absolute atomic E-state index is 12.5. The van der Waals surface area contributed by atoms with Gasteiger partial charge in [0.25, 0.3) is 5.91 Å². The van der Waals surface area contributed by atoms with E-state index in [1.54, 1.807) is 12.1 Å². The first-order valence-electron chi connectivity index (χ1n) is 10.1. The highest BCUT2D eigenvalue weighted by molar-refractivity contribution is 6.62. The number of nitrogens with zero attached hydrogens (tertiary/aromatic N) is 1. The Morgan fingerprint density at radius 3 is 2.06 bits per heavy atom. The normalized spacial score (nSPS) is 17.6. The van der Waals surface area contributed by atoms with E-state index in [-0.39, 0.29) is 6.42 Å². The summed E-state index contributed by atoms with van der Waals surface area (Å²) >= 11 is 0. The Morgan fingerprint density at radius 1 is 1.03 bits per heavy atom. The van der Waals surface area contributed by atoms with Crippen molar-refractivity contribution in [1.29, 1.82) is 5.26 Å². The minimum Gasteiger partial charge on any atom is -0.399 e. The highest BCUT2D eigenvalue weighted by Gasteiger charge is 2.51. The molecule has 0 aromatic heterocycles. The van der Waals surface area contributed by atoms with Gasteiger partial charge in [-0.05, 0) is 63.0 Å². The van der Waals surface area contributed by atoms with Crippen LogP contribution in [0.1, 0.15) is 49.2 Å². The largest absolute Gasteiger partial charge is 0.494 e. The molecular formula is C23H26BN3O4. The van der Waals surface area contributed by atoms with Crippen LogP contribution in [0.3, 0.4) is 0 Å². The molecule has 2 amide bonds. The van der Waals surface area contributed by atoms with Gasteiger partial charge in [0.1, 0.15) is 6.04 Å². The highest BCUT2D eigenvalue weighted by Crippen LogP contribution is 2.36. The second kappa shape index (κ2) is 8.54. The van der Waals surface area contributed by atoms with Crippen molar-refractivity contribution in [2.75, 3.05) is 0 Å². The van der Waals surface area contributed by atoms with Gasteiger partial charge < -0.3 is 20.4 Å². The number of nitrogens with one attached hydrogen (secondary N) is 1. The predicted molar refractivity (Wildman–Crippen MR) is 117 cm³/mol. The maximum Gasteiger partial charge on any atom is 0.494 e. The van der Waals surface area contributed by atoms with Crippen LogP contribution in [0, 0.1) is 11.3 Å². The Morgan fingerprint density at radius 2 is 1.58 bits per heavy atom. The van der Waals surface area contributed by atoms with Gasteiger partial charge in [0.2, 0.25) is 5.91 Å². The van der Waals surface area contributed by atoms with Crippen LogP contribution in [-0.2, 0) is 20.5 Å². The van der Waals surface area contributed by atoms with Crippen molar-refractivity contribution in [2.24, 2.45) is 5.73 Å². The highest BCUT2D eigenvalue weighted by atomic mass is 16.7. The summed E-state index contributed by atoms with van der Waals surface area (Å²) < 4.78 is 12.1. The summed E-state index contributed by atoms with van der Waals surface area (Å²) in [5.74, 6) is -1.06. The molecule has 0 unspecified atom stereocenters. The molecular weight excluding hydrogens is 393 g/mol. The summed E-state index contributed by atoms with van der Waals surface area (Å²) in [4.78, 5) is 24.4. The summed E-state index contributed by atoms with van der Waals surface area (Å²) in [6.45, 7) is 7.98. The number of benzene rings is 2. The quantitative estimate of drug-likeness (QED) is 0.692. The Labute approximate surface area is 182 Å². The van der Waals surface area contributed by atoms with Gasteiger partial charge in [-0.1, -0.05) is 24.3 Å². The average molecular weight is 419 g/mol. The van der Waals surface area contributed by atoms with Crippen molar-refractivity contribution in [3.8, 4) is 6.07 Å². The van der Waals surface area contributed by atoms with Crippen molar-refractivity contribution in [2.45, 2.75) is 51.4 Å². The van der Waals surface area contributed by atoms with Gasteiger partial charge in [-0.25, -0.2) is 0 Å².